The van der Waals surface area contributed by atoms with Crippen molar-refractivity contribution < 1.29 is 4.39 Å². The molecule has 4 rings (SSSR count). The third-order valence-corrected chi connectivity index (χ3v) is 5.18. The van der Waals surface area contributed by atoms with Gasteiger partial charge in [-0.15, -0.1) is 0 Å². The van der Waals surface area contributed by atoms with Gasteiger partial charge in [-0.2, -0.15) is 0 Å². The Morgan fingerprint density at radius 3 is 2.93 bits per heavy atom. The lowest BCUT2D eigenvalue weighted by atomic mass is 9.90. The zero-order valence-corrected chi connectivity index (χ0v) is 15.5. The number of H-pyrrole nitrogens is 1. The number of fused-ring (bicyclic) bond motifs is 1. The second-order valence-corrected chi connectivity index (χ2v) is 7.09. The lowest BCUT2D eigenvalue weighted by Crippen LogP contribution is -2.46. The summed E-state index contributed by atoms with van der Waals surface area (Å²) in [5, 5.41) is 7.86. The number of nitrogens with one attached hydrogen (secondary N) is 3. The Bertz CT molecular complexity index is 908. The van der Waals surface area contributed by atoms with Gasteiger partial charge in [0.1, 0.15) is 5.65 Å². The van der Waals surface area contributed by atoms with Crippen LogP contribution in [-0.4, -0.2) is 38.6 Å². The summed E-state index contributed by atoms with van der Waals surface area (Å²) in [4.78, 5) is 16.1. The first-order valence-electron chi connectivity index (χ1n) is 9.71. The van der Waals surface area contributed by atoms with E-state index >= 15 is 0 Å². The van der Waals surface area contributed by atoms with Crippen molar-refractivity contribution in [1.29, 1.82) is 0 Å². The number of pyridine rings is 1. The minimum absolute atomic E-state index is 0.173. The fourth-order valence-corrected chi connectivity index (χ4v) is 3.79. The molecule has 1 aliphatic carbocycles. The highest BCUT2D eigenvalue weighted by atomic mass is 19.1. The van der Waals surface area contributed by atoms with E-state index in [9.17, 15) is 4.39 Å². The van der Waals surface area contributed by atoms with Crippen molar-refractivity contribution in [3.8, 4) is 11.4 Å². The number of nitrogens with zero attached hydrogens (tertiary/aromatic N) is 3. The summed E-state index contributed by atoms with van der Waals surface area (Å²) in [6.07, 6.45) is 10.4. The van der Waals surface area contributed by atoms with Crippen LogP contribution in [0, 0.1) is 5.82 Å². The topological polar surface area (TPSA) is 78.5 Å². The highest BCUT2D eigenvalue weighted by molar-refractivity contribution is 5.91. The maximum Gasteiger partial charge on any atom is 0.183 e. The average Bonchev–Trinajstić information content (AvgIpc) is 3.13. The first-order valence-corrected chi connectivity index (χ1v) is 9.71. The van der Waals surface area contributed by atoms with Crippen LogP contribution in [0.1, 0.15) is 39.0 Å². The molecule has 1 saturated carbocycles. The Labute approximate surface area is 158 Å². The molecule has 6 nitrogen and oxygen atoms in total. The number of rotatable bonds is 6. The maximum absolute atomic E-state index is 14.4. The fraction of sp³-hybridized carbons (Fsp3) is 0.450. The van der Waals surface area contributed by atoms with Gasteiger partial charge in [-0.1, -0.05) is 19.8 Å². The third-order valence-electron chi connectivity index (χ3n) is 5.18. The molecule has 7 heteroatoms. The van der Waals surface area contributed by atoms with Crippen LogP contribution in [0.3, 0.4) is 0 Å². The molecule has 0 aliphatic heterocycles. The minimum Gasteiger partial charge on any atom is -0.363 e. The monoisotopic (exact) mass is 368 g/mol. The molecule has 0 bridgehead atoms. The summed E-state index contributed by atoms with van der Waals surface area (Å²) in [5.74, 6) is 0.344. The molecule has 0 spiro atoms. The molecule has 1 aliphatic rings. The first kappa shape index (κ1) is 17.9. The zero-order valence-electron chi connectivity index (χ0n) is 15.5. The predicted octanol–water partition coefficient (Wildman–Crippen LogP) is 3.88. The van der Waals surface area contributed by atoms with Crippen LogP contribution >= 0.6 is 0 Å². The summed E-state index contributed by atoms with van der Waals surface area (Å²) >= 11 is 0. The number of aromatic nitrogens is 4. The SMILES string of the molecule is CCCN[C@@H]1CCCC[C@H]1Nc1nc(-c2c[nH]c3ncccc23)ncc1F. The lowest BCUT2D eigenvalue weighted by Gasteiger charge is -2.33. The van der Waals surface area contributed by atoms with E-state index in [1.807, 2.05) is 18.3 Å². The highest BCUT2D eigenvalue weighted by Gasteiger charge is 2.26. The van der Waals surface area contributed by atoms with E-state index in [0.717, 1.165) is 48.8 Å². The van der Waals surface area contributed by atoms with Gasteiger partial charge in [0.15, 0.2) is 17.5 Å². The normalized spacial score (nSPS) is 20.1. The van der Waals surface area contributed by atoms with E-state index in [0.29, 0.717) is 11.9 Å². The third kappa shape index (κ3) is 3.78. The van der Waals surface area contributed by atoms with Gasteiger partial charge < -0.3 is 15.6 Å². The van der Waals surface area contributed by atoms with Crippen molar-refractivity contribution in [2.75, 3.05) is 11.9 Å². The number of halogens is 1. The van der Waals surface area contributed by atoms with E-state index in [1.54, 1.807) is 6.20 Å². The first-order chi connectivity index (χ1) is 13.3. The summed E-state index contributed by atoms with van der Waals surface area (Å²) < 4.78 is 14.4. The molecule has 142 valence electrons. The maximum atomic E-state index is 14.4. The van der Waals surface area contributed by atoms with Crippen molar-refractivity contribution in [3.63, 3.8) is 0 Å². The van der Waals surface area contributed by atoms with Crippen molar-refractivity contribution in [3.05, 3.63) is 36.5 Å². The molecule has 0 aromatic carbocycles. The minimum atomic E-state index is -0.420. The van der Waals surface area contributed by atoms with Gasteiger partial charge in [0.25, 0.3) is 0 Å². The molecule has 0 radical (unpaired) electrons. The second kappa shape index (κ2) is 8.00. The second-order valence-electron chi connectivity index (χ2n) is 7.09. The van der Waals surface area contributed by atoms with E-state index in [-0.39, 0.29) is 11.9 Å². The van der Waals surface area contributed by atoms with E-state index in [2.05, 4.69) is 37.5 Å². The van der Waals surface area contributed by atoms with Crippen LogP contribution < -0.4 is 10.6 Å². The molecule has 1 fully saturated rings. The van der Waals surface area contributed by atoms with Crippen molar-refractivity contribution in [2.24, 2.45) is 0 Å². The van der Waals surface area contributed by atoms with Crippen molar-refractivity contribution in [1.82, 2.24) is 25.3 Å². The van der Waals surface area contributed by atoms with Gasteiger partial charge in [-0.05, 0) is 37.9 Å². The Hall–Kier alpha value is -2.54. The Balaban J connectivity index is 1.60. The molecule has 2 atom stereocenters. The summed E-state index contributed by atoms with van der Waals surface area (Å²) in [7, 11) is 0. The molecular formula is C20H25FN6. The summed E-state index contributed by atoms with van der Waals surface area (Å²) in [5.41, 5.74) is 1.59. The largest absolute Gasteiger partial charge is 0.363 e. The lowest BCUT2D eigenvalue weighted by molar-refractivity contribution is 0.343. The molecular weight excluding hydrogens is 343 g/mol. The predicted molar refractivity (Wildman–Crippen MR) is 105 cm³/mol. The zero-order chi connectivity index (χ0) is 18.6. The van der Waals surface area contributed by atoms with Crippen LogP contribution in [0.4, 0.5) is 10.2 Å². The van der Waals surface area contributed by atoms with Gasteiger partial charge in [-0.25, -0.2) is 19.3 Å². The standard InChI is InChI=1S/C20H25FN6/c1-2-9-22-16-7-3-4-8-17(16)26-20-15(21)12-25-19(27-20)14-11-24-18-13(14)6-5-10-23-18/h5-6,10-12,16-17,22H,2-4,7-9H2,1H3,(H,23,24)(H,25,26,27)/t16-,17-/m1/s1. The highest BCUT2D eigenvalue weighted by Crippen LogP contribution is 2.27. The molecule has 3 N–H and O–H groups in total. The van der Waals surface area contributed by atoms with Gasteiger partial charge in [-0.3, -0.25) is 0 Å². The smallest absolute Gasteiger partial charge is 0.183 e. The average molecular weight is 368 g/mol. The number of hydrogen-bond donors (Lipinski definition) is 3. The van der Waals surface area contributed by atoms with E-state index in [1.165, 1.54) is 12.6 Å². The Morgan fingerprint density at radius 1 is 1.22 bits per heavy atom. The van der Waals surface area contributed by atoms with Gasteiger partial charge in [0.05, 0.1) is 6.20 Å². The van der Waals surface area contributed by atoms with E-state index in [4.69, 9.17) is 0 Å². The molecule has 27 heavy (non-hydrogen) atoms. The Kier molecular flexibility index (Phi) is 5.29. The molecule has 3 aromatic heterocycles. The van der Waals surface area contributed by atoms with Crippen molar-refractivity contribution in [2.45, 2.75) is 51.1 Å². The summed E-state index contributed by atoms with van der Waals surface area (Å²) in [6.45, 7) is 3.13. The molecule has 3 aromatic rings. The number of aromatic amines is 1. The number of anilines is 1. The fourth-order valence-electron chi connectivity index (χ4n) is 3.79. The van der Waals surface area contributed by atoms with Crippen LogP contribution in [0.15, 0.2) is 30.7 Å². The van der Waals surface area contributed by atoms with Gasteiger partial charge in [0.2, 0.25) is 0 Å². The van der Waals surface area contributed by atoms with Crippen LogP contribution in [0.25, 0.3) is 22.4 Å². The van der Waals surface area contributed by atoms with Crippen LogP contribution in [0.2, 0.25) is 0 Å². The van der Waals surface area contributed by atoms with Gasteiger partial charge >= 0.3 is 0 Å². The van der Waals surface area contributed by atoms with Gasteiger partial charge in [0, 0.05) is 35.4 Å². The molecule has 0 saturated heterocycles. The molecule has 0 amide bonds. The van der Waals surface area contributed by atoms with Crippen LogP contribution in [-0.2, 0) is 0 Å². The van der Waals surface area contributed by atoms with Crippen molar-refractivity contribution >= 4 is 16.9 Å². The molecule has 3 heterocycles. The molecule has 0 unspecified atom stereocenters. The van der Waals surface area contributed by atoms with E-state index < -0.39 is 5.82 Å². The summed E-state index contributed by atoms with van der Waals surface area (Å²) in [6, 6.07) is 4.34. The quantitative estimate of drug-likeness (QED) is 0.615. The number of hydrogen-bond acceptors (Lipinski definition) is 5. The Morgan fingerprint density at radius 2 is 2.07 bits per heavy atom. The van der Waals surface area contributed by atoms with Crippen LogP contribution in [0.5, 0.6) is 0 Å².